The molecule has 1 aliphatic carbocycles. The Morgan fingerprint density at radius 2 is 1.86 bits per heavy atom. The molecule has 3 unspecified atom stereocenters. The standard InChI is InChI=1S/C18H25FN2/c19-15-7-5-14(6-8-15)18(13-3-4-13)20-16-9-11-21-10-1-2-17(21)12-16/h5-8,13,16-18,20H,1-4,9-12H2. The zero-order valence-corrected chi connectivity index (χ0v) is 12.6. The van der Waals surface area contributed by atoms with Crippen LogP contribution in [0.1, 0.15) is 50.1 Å². The Kier molecular flexibility index (Phi) is 3.72. The van der Waals surface area contributed by atoms with Crippen molar-refractivity contribution in [3.8, 4) is 0 Å². The normalized spacial score (nSPS) is 31.1. The van der Waals surface area contributed by atoms with Crippen LogP contribution in [0.2, 0.25) is 0 Å². The van der Waals surface area contributed by atoms with Crippen LogP contribution < -0.4 is 5.32 Å². The van der Waals surface area contributed by atoms with Gasteiger partial charge < -0.3 is 10.2 Å². The van der Waals surface area contributed by atoms with Crippen LogP contribution >= 0.6 is 0 Å². The maximum atomic E-state index is 13.1. The van der Waals surface area contributed by atoms with E-state index in [9.17, 15) is 4.39 Å². The van der Waals surface area contributed by atoms with Crippen LogP contribution in [0.4, 0.5) is 4.39 Å². The molecule has 2 saturated heterocycles. The number of hydrogen-bond acceptors (Lipinski definition) is 2. The van der Waals surface area contributed by atoms with E-state index in [2.05, 4.69) is 10.2 Å². The molecule has 4 rings (SSSR count). The van der Waals surface area contributed by atoms with E-state index in [0.29, 0.717) is 12.1 Å². The van der Waals surface area contributed by atoms with Crippen molar-refractivity contribution in [2.75, 3.05) is 13.1 Å². The second kappa shape index (κ2) is 5.69. The first kappa shape index (κ1) is 13.7. The molecule has 0 bridgehead atoms. The molecule has 2 aliphatic heterocycles. The summed E-state index contributed by atoms with van der Waals surface area (Å²) in [4.78, 5) is 2.67. The van der Waals surface area contributed by atoms with Crippen molar-refractivity contribution in [1.82, 2.24) is 10.2 Å². The third-order valence-corrected chi connectivity index (χ3v) is 5.56. The molecule has 3 aliphatic rings. The Labute approximate surface area is 126 Å². The molecule has 3 atom stereocenters. The van der Waals surface area contributed by atoms with E-state index in [4.69, 9.17) is 0 Å². The van der Waals surface area contributed by atoms with Gasteiger partial charge in [0.25, 0.3) is 0 Å². The van der Waals surface area contributed by atoms with E-state index in [1.165, 1.54) is 57.2 Å². The van der Waals surface area contributed by atoms with Gasteiger partial charge in [0.15, 0.2) is 0 Å². The van der Waals surface area contributed by atoms with Crippen LogP contribution in [-0.2, 0) is 0 Å². The zero-order valence-electron chi connectivity index (χ0n) is 12.6. The van der Waals surface area contributed by atoms with E-state index in [1.807, 2.05) is 12.1 Å². The summed E-state index contributed by atoms with van der Waals surface area (Å²) in [7, 11) is 0. The number of nitrogens with one attached hydrogen (secondary N) is 1. The lowest BCUT2D eigenvalue weighted by molar-refractivity contribution is 0.158. The van der Waals surface area contributed by atoms with E-state index in [-0.39, 0.29) is 5.82 Å². The van der Waals surface area contributed by atoms with Crippen LogP contribution in [-0.4, -0.2) is 30.1 Å². The quantitative estimate of drug-likeness (QED) is 0.912. The molecule has 1 N–H and O–H groups in total. The average Bonchev–Trinajstić information content (AvgIpc) is 3.23. The Morgan fingerprint density at radius 1 is 1.05 bits per heavy atom. The third-order valence-electron chi connectivity index (χ3n) is 5.56. The molecule has 1 aromatic rings. The van der Waals surface area contributed by atoms with Crippen molar-refractivity contribution in [1.29, 1.82) is 0 Å². The molecule has 114 valence electrons. The monoisotopic (exact) mass is 288 g/mol. The van der Waals surface area contributed by atoms with E-state index < -0.39 is 0 Å². The highest BCUT2D eigenvalue weighted by molar-refractivity contribution is 5.22. The van der Waals surface area contributed by atoms with Crippen molar-refractivity contribution in [2.45, 2.75) is 56.7 Å². The lowest BCUT2D eigenvalue weighted by Gasteiger charge is -2.37. The van der Waals surface area contributed by atoms with Crippen LogP contribution in [0.15, 0.2) is 24.3 Å². The van der Waals surface area contributed by atoms with Crippen molar-refractivity contribution >= 4 is 0 Å². The van der Waals surface area contributed by atoms with Gasteiger partial charge in [-0.25, -0.2) is 4.39 Å². The molecule has 0 radical (unpaired) electrons. The highest BCUT2D eigenvalue weighted by Crippen LogP contribution is 2.42. The number of fused-ring (bicyclic) bond motifs is 1. The summed E-state index contributed by atoms with van der Waals surface area (Å²) in [5.41, 5.74) is 1.27. The van der Waals surface area contributed by atoms with Gasteiger partial charge in [0, 0.05) is 18.1 Å². The van der Waals surface area contributed by atoms with Crippen LogP contribution in [0.25, 0.3) is 0 Å². The van der Waals surface area contributed by atoms with Gasteiger partial charge in [-0.05, 0) is 75.2 Å². The minimum absolute atomic E-state index is 0.132. The molecule has 3 heteroatoms. The molecular weight excluding hydrogens is 263 g/mol. The summed E-state index contributed by atoms with van der Waals surface area (Å²) in [6, 6.07) is 9.03. The Bertz CT molecular complexity index is 482. The average molecular weight is 288 g/mol. The van der Waals surface area contributed by atoms with Crippen LogP contribution in [0.3, 0.4) is 0 Å². The maximum Gasteiger partial charge on any atom is 0.123 e. The molecule has 0 aromatic heterocycles. The van der Waals surface area contributed by atoms with Gasteiger partial charge in [-0.3, -0.25) is 0 Å². The van der Waals surface area contributed by atoms with E-state index in [1.54, 1.807) is 12.1 Å². The third kappa shape index (κ3) is 3.00. The van der Waals surface area contributed by atoms with Crippen LogP contribution in [0.5, 0.6) is 0 Å². The number of halogens is 1. The lowest BCUT2D eigenvalue weighted by Crippen LogP contribution is -2.46. The molecule has 21 heavy (non-hydrogen) atoms. The van der Waals surface area contributed by atoms with Crippen molar-refractivity contribution in [3.05, 3.63) is 35.6 Å². The minimum Gasteiger partial charge on any atom is -0.307 e. The van der Waals surface area contributed by atoms with Gasteiger partial charge >= 0.3 is 0 Å². The summed E-state index contributed by atoms with van der Waals surface area (Å²) in [6.07, 6.45) is 7.95. The van der Waals surface area contributed by atoms with Gasteiger partial charge in [-0.1, -0.05) is 12.1 Å². The molecule has 2 heterocycles. The minimum atomic E-state index is -0.132. The second-order valence-electron chi connectivity index (χ2n) is 7.09. The SMILES string of the molecule is Fc1ccc(C(NC2CCN3CCCC3C2)C2CC2)cc1. The largest absolute Gasteiger partial charge is 0.307 e. The lowest BCUT2D eigenvalue weighted by atomic mass is 9.94. The molecule has 0 spiro atoms. The molecular formula is C18H25FN2. The number of rotatable bonds is 4. The first-order chi connectivity index (χ1) is 10.3. The number of hydrogen-bond donors (Lipinski definition) is 1. The Balaban J connectivity index is 1.44. The predicted octanol–water partition coefficient (Wildman–Crippen LogP) is 3.49. The number of benzene rings is 1. The van der Waals surface area contributed by atoms with Gasteiger partial charge in [0.1, 0.15) is 5.82 Å². The van der Waals surface area contributed by atoms with E-state index >= 15 is 0 Å². The second-order valence-corrected chi connectivity index (χ2v) is 7.09. The Morgan fingerprint density at radius 3 is 2.62 bits per heavy atom. The van der Waals surface area contributed by atoms with Crippen LogP contribution in [0, 0.1) is 11.7 Å². The summed E-state index contributed by atoms with van der Waals surface area (Å²) in [6.45, 7) is 2.56. The van der Waals surface area contributed by atoms with Crippen molar-refractivity contribution in [3.63, 3.8) is 0 Å². The highest BCUT2D eigenvalue weighted by atomic mass is 19.1. The molecule has 2 nitrogen and oxygen atoms in total. The summed E-state index contributed by atoms with van der Waals surface area (Å²) >= 11 is 0. The molecule has 1 aromatic carbocycles. The fourth-order valence-corrected chi connectivity index (χ4v) is 4.23. The number of nitrogens with zero attached hydrogens (tertiary/aromatic N) is 1. The smallest absolute Gasteiger partial charge is 0.123 e. The zero-order chi connectivity index (χ0) is 14.2. The van der Waals surface area contributed by atoms with Crippen molar-refractivity contribution in [2.24, 2.45) is 5.92 Å². The first-order valence-electron chi connectivity index (χ1n) is 8.55. The van der Waals surface area contributed by atoms with Crippen molar-refractivity contribution < 1.29 is 4.39 Å². The van der Waals surface area contributed by atoms with E-state index in [0.717, 1.165) is 12.0 Å². The summed E-state index contributed by atoms with van der Waals surface area (Å²) in [5.74, 6) is 0.629. The number of piperidine rings is 1. The van der Waals surface area contributed by atoms with Gasteiger partial charge in [0.2, 0.25) is 0 Å². The first-order valence-corrected chi connectivity index (χ1v) is 8.55. The summed E-state index contributed by atoms with van der Waals surface area (Å²) in [5, 5.41) is 3.92. The topological polar surface area (TPSA) is 15.3 Å². The molecule has 0 amide bonds. The van der Waals surface area contributed by atoms with Gasteiger partial charge in [0.05, 0.1) is 0 Å². The molecule has 1 saturated carbocycles. The maximum absolute atomic E-state index is 13.1. The fourth-order valence-electron chi connectivity index (χ4n) is 4.23. The highest BCUT2D eigenvalue weighted by Gasteiger charge is 2.37. The van der Waals surface area contributed by atoms with Gasteiger partial charge in [-0.15, -0.1) is 0 Å². The predicted molar refractivity (Wildman–Crippen MR) is 82.6 cm³/mol. The Hall–Kier alpha value is -0.930. The summed E-state index contributed by atoms with van der Waals surface area (Å²) < 4.78 is 13.1. The molecule has 3 fully saturated rings. The van der Waals surface area contributed by atoms with Gasteiger partial charge in [-0.2, -0.15) is 0 Å². The fraction of sp³-hybridized carbons (Fsp3) is 0.667.